The highest BCUT2D eigenvalue weighted by Crippen LogP contribution is 2.28. The maximum absolute atomic E-state index is 12.8. The van der Waals surface area contributed by atoms with Crippen molar-refractivity contribution in [2.24, 2.45) is 0 Å². The van der Waals surface area contributed by atoms with Crippen LogP contribution in [0.15, 0.2) is 42.5 Å². The Bertz CT molecular complexity index is 863. The molecule has 0 fully saturated rings. The lowest BCUT2D eigenvalue weighted by molar-refractivity contribution is -0.384. The first kappa shape index (κ1) is 20.1. The Kier molecular flexibility index (Phi) is 6.65. The Balaban J connectivity index is 2.42. The number of rotatable bonds is 8. The molecule has 27 heavy (non-hydrogen) atoms. The number of carbonyl (C=O) groups is 2. The highest BCUT2D eigenvalue weighted by Gasteiger charge is 2.22. The highest BCUT2D eigenvalue weighted by atomic mass is 16.6. The average molecular weight is 370 g/mol. The van der Waals surface area contributed by atoms with Crippen LogP contribution in [0.25, 0.3) is 0 Å². The van der Waals surface area contributed by atoms with Gasteiger partial charge in [-0.15, -0.1) is 0 Å². The van der Waals surface area contributed by atoms with Crippen LogP contribution in [0.5, 0.6) is 0 Å². The lowest BCUT2D eigenvalue weighted by Gasteiger charge is -2.15. The number of benzene rings is 2. The number of nitrogens with zero attached hydrogens (tertiary/aromatic N) is 1. The van der Waals surface area contributed by atoms with E-state index in [2.05, 4.69) is 5.32 Å². The quantitative estimate of drug-likeness (QED) is 0.323. The average Bonchev–Trinajstić information content (AvgIpc) is 2.67. The minimum atomic E-state index is -0.639. The summed E-state index contributed by atoms with van der Waals surface area (Å²) in [5.41, 5.74) is 0.565. The number of methoxy groups -OCH3 is 1. The molecule has 0 aliphatic heterocycles. The molecule has 0 saturated carbocycles. The zero-order valence-corrected chi connectivity index (χ0v) is 15.5. The fraction of sp³-hybridized carbons (Fsp3) is 0.300. The second-order valence-electron chi connectivity index (χ2n) is 6.19. The second-order valence-corrected chi connectivity index (χ2v) is 6.19. The summed E-state index contributed by atoms with van der Waals surface area (Å²) in [5, 5.41) is 14.6. The molecule has 0 spiro atoms. The van der Waals surface area contributed by atoms with Crippen LogP contribution in [0.3, 0.4) is 0 Å². The monoisotopic (exact) mass is 370 g/mol. The topological polar surface area (TPSA) is 98.5 Å². The van der Waals surface area contributed by atoms with Crippen LogP contribution in [-0.2, 0) is 4.74 Å². The normalized spacial score (nSPS) is 11.5. The summed E-state index contributed by atoms with van der Waals surface area (Å²) in [6.45, 7) is 3.98. The van der Waals surface area contributed by atoms with Gasteiger partial charge < -0.3 is 10.1 Å². The molecule has 7 heteroatoms. The molecule has 142 valence electrons. The van der Waals surface area contributed by atoms with Crippen LogP contribution in [0, 0.1) is 10.1 Å². The van der Waals surface area contributed by atoms with Gasteiger partial charge in [0, 0.05) is 23.2 Å². The predicted octanol–water partition coefficient (Wildman–Crippen LogP) is 4.21. The number of hydrogen-bond donors (Lipinski definition) is 1. The first-order chi connectivity index (χ1) is 12.9. The molecule has 2 rings (SSSR count). The molecule has 0 heterocycles. The van der Waals surface area contributed by atoms with Gasteiger partial charge in [0.05, 0.1) is 17.6 Å². The minimum Gasteiger partial charge on any atom is -0.465 e. The van der Waals surface area contributed by atoms with Crippen molar-refractivity contribution in [2.75, 3.05) is 12.4 Å². The van der Waals surface area contributed by atoms with Crippen molar-refractivity contribution in [1.82, 2.24) is 0 Å². The van der Waals surface area contributed by atoms with Crippen molar-refractivity contribution < 1.29 is 19.2 Å². The molecule has 2 aromatic rings. The number of carbonyl (C=O) groups excluding carboxylic acids is 2. The van der Waals surface area contributed by atoms with Gasteiger partial charge in [0.25, 0.3) is 5.69 Å². The summed E-state index contributed by atoms with van der Waals surface area (Å²) in [4.78, 5) is 35.7. The molecule has 0 amide bonds. The van der Waals surface area contributed by atoms with Crippen LogP contribution in [0.2, 0.25) is 0 Å². The number of anilines is 1. The van der Waals surface area contributed by atoms with Gasteiger partial charge in [-0.25, -0.2) is 4.79 Å². The fourth-order valence-corrected chi connectivity index (χ4v) is 2.84. The maximum atomic E-state index is 12.8. The first-order valence-corrected chi connectivity index (χ1v) is 8.66. The molecule has 2 aromatic carbocycles. The van der Waals surface area contributed by atoms with Crippen molar-refractivity contribution in [3.05, 3.63) is 69.3 Å². The summed E-state index contributed by atoms with van der Waals surface area (Å²) in [6, 6.07) is 10.6. The smallest absolute Gasteiger partial charge is 0.338 e. The summed E-state index contributed by atoms with van der Waals surface area (Å²) in [5.74, 6) is -1.12. The van der Waals surface area contributed by atoms with Crippen molar-refractivity contribution >= 4 is 23.1 Å². The van der Waals surface area contributed by atoms with Crippen LogP contribution < -0.4 is 5.32 Å². The van der Waals surface area contributed by atoms with Crippen LogP contribution in [-0.4, -0.2) is 29.8 Å². The van der Waals surface area contributed by atoms with Crippen LogP contribution in [0.1, 0.15) is 53.0 Å². The van der Waals surface area contributed by atoms with Gasteiger partial charge in [-0.1, -0.05) is 31.5 Å². The van der Waals surface area contributed by atoms with E-state index in [9.17, 15) is 19.7 Å². The summed E-state index contributed by atoms with van der Waals surface area (Å²) < 4.78 is 4.70. The second kappa shape index (κ2) is 8.93. The molecule has 7 nitrogen and oxygen atoms in total. The zero-order valence-electron chi connectivity index (χ0n) is 15.5. The van der Waals surface area contributed by atoms with Gasteiger partial charge in [-0.3, -0.25) is 14.9 Å². The van der Waals surface area contributed by atoms with E-state index in [1.165, 1.54) is 37.4 Å². The van der Waals surface area contributed by atoms with Crippen molar-refractivity contribution in [3.63, 3.8) is 0 Å². The van der Waals surface area contributed by atoms with E-state index in [-0.39, 0.29) is 28.4 Å². The van der Waals surface area contributed by atoms with Crippen molar-refractivity contribution in [1.29, 1.82) is 0 Å². The summed E-state index contributed by atoms with van der Waals surface area (Å²) in [7, 11) is 1.23. The molecule has 0 aliphatic carbocycles. The van der Waals surface area contributed by atoms with E-state index in [4.69, 9.17) is 4.74 Å². The number of hydrogen-bond acceptors (Lipinski definition) is 6. The Hall–Kier alpha value is -3.22. The maximum Gasteiger partial charge on any atom is 0.338 e. The Labute approximate surface area is 157 Å². The third kappa shape index (κ3) is 4.69. The van der Waals surface area contributed by atoms with Gasteiger partial charge in [-0.05, 0) is 31.5 Å². The van der Waals surface area contributed by atoms with E-state index in [0.717, 1.165) is 12.8 Å². The van der Waals surface area contributed by atoms with Crippen molar-refractivity contribution in [3.8, 4) is 0 Å². The van der Waals surface area contributed by atoms with Gasteiger partial charge in [0.1, 0.15) is 5.69 Å². The molecule has 0 bridgehead atoms. The van der Waals surface area contributed by atoms with E-state index >= 15 is 0 Å². The number of ether oxygens (including phenoxy) is 1. The molecular weight excluding hydrogens is 348 g/mol. The lowest BCUT2D eigenvalue weighted by Crippen LogP contribution is -2.16. The Morgan fingerprint density at radius 3 is 2.44 bits per heavy atom. The number of nitro groups is 1. The van der Waals surface area contributed by atoms with Crippen LogP contribution in [0.4, 0.5) is 11.4 Å². The number of nitro benzene ring substituents is 1. The molecule has 0 saturated heterocycles. The Morgan fingerprint density at radius 1 is 1.19 bits per heavy atom. The van der Waals surface area contributed by atoms with Gasteiger partial charge >= 0.3 is 5.97 Å². The van der Waals surface area contributed by atoms with E-state index in [1.807, 2.05) is 13.8 Å². The molecule has 0 aromatic heterocycles. The van der Waals surface area contributed by atoms with Crippen LogP contribution >= 0.6 is 0 Å². The standard InChI is InChI=1S/C20H22N2O5/c1-4-7-13(2)21-17-11-10-14(12-18(17)22(25)26)19(23)15-8-5-6-9-16(15)20(24)27-3/h5-6,8-13,21H,4,7H2,1-3H3/t13-/m0/s1. The minimum absolute atomic E-state index is 0.0651. The third-order valence-electron chi connectivity index (χ3n) is 4.16. The van der Waals surface area contributed by atoms with Gasteiger partial charge in [-0.2, -0.15) is 0 Å². The zero-order chi connectivity index (χ0) is 20.0. The predicted molar refractivity (Wildman–Crippen MR) is 102 cm³/mol. The van der Waals surface area contributed by atoms with Gasteiger partial charge in [0.15, 0.2) is 5.78 Å². The summed E-state index contributed by atoms with van der Waals surface area (Å²) in [6.07, 6.45) is 1.81. The molecule has 0 radical (unpaired) electrons. The first-order valence-electron chi connectivity index (χ1n) is 8.66. The fourth-order valence-electron chi connectivity index (χ4n) is 2.84. The SMILES string of the molecule is CCC[C@H](C)Nc1ccc(C(=O)c2ccccc2C(=O)OC)cc1[N+](=O)[O-]. The highest BCUT2D eigenvalue weighted by molar-refractivity contribution is 6.14. The Morgan fingerprint density at radius 2 is 1.85 bits per heavy atom. The number of nitrogens with one attached hydrogen (secondary N) is 1. The van der Waals surface area contributed by atoms with E-state index < -0.39 is 16.7 Å². The molecule has 1 N–H and O–H groups in total. The third-order valence-corrected chi connectivity index (χ3v) is 4.16. The van der Waals surface area contributed by atoms with E-state index in [0.29, 0.717) is 5.69 Å². The summed E-state index contributed by atoms with van der Waals surface area (Å²) >= 11 is 0. The number of esters is 1. The van der Waals surface area contributed by atoms with Gasteiger partial charge in [0.2, 0.25) is 0 Å². The largest absolute Gasteiger partial charge is 0.465 e. The molecule has 1 atom stereocenters. The number of ketones is 1. The van der Waals surface area contributed by atoms with E-state index in [1.54, 1.807) is 12.1 Å². The lowest BCUT2D eigenvalue weighted by atomic mass is 9.97. The molecule has 0 aliphatic rings. The molecule has 0 unspecified atom stereocenters. The van der Waals surface area contributed by atoms with Crippen molar-refractivity contribution in [2.45, 2.75) is 32.7 Å². The molecular formula is C20H22N2O5.